The summed E-state index contributed by atoms with van der Waals surface area (Å²) in [5.41, 5.74) is 0.621. The van der Waals surface area contributed by atoms with Crippen LogP contribution in [0.3, 0.4) is 0 Å². The molecule has 0 radical (unpaired) electrons. The number of anilines is 1. The lowest BCUT2D eigenvalue weighted by Crippen LogP contribution is -2.49. The highest BCUT2D eigenvalue weighted by atomic mass is 32.2. The highest BCUT2D eigenvalue weighted by Gasteiger charge is 2.35. The molecule has 11 heteroatoms. The molecule has 2 aliphatic rings. The van der Waals surface area contributed by atoms with Crippen LogP contribution < -0.4 is 5.32 Å². The van der Waals surface area contributed by atoms with E-state index in [0.29, 0.717) is 5.69 Å². The summed E-state index contributed by atoms with van der Waals surface area (Å²) < 4.78 is 54.5. The van der Waals surface area contributed by atoms with Crippen LogP contribution >= 0.6 is 0 Å². The van der Waals surface area contributed by atoms with Crippen molar-refractivity contribution in [2.45, 2.75) is 37.4 Å². The summed E-state index contributed by atoms with van der Waals surface area (Å²) in [5.74, 6) is -0.438. The first-order chi connectivity index (χ1) is 12.8. The molecule has 1 saturated heterocycles. The predicted molar refractivity (Wildman–Crippen MR) is 93.0 cm³/mol. The summed E-state index contributed by atoms with van der Waals surface area (Å²) in [6.07, 6.45) is 2.89. The first kappa shape index (κ1) is 18.1. The average Bonchev–Trinajstić information content (AvgIpc) is 3.40. The van der Waals surface area contributed by atoms with E-state index in [1.165, 1.54) is 10.7 Å². The number of nitrogens with zero attached hydrogens (tertiary/aromatic N) is 5. The van der Waals surface area contributed by atoms with E-state index < -0.39 is 28.1 Å². The van der Waals surface area contributed by atoms with Crippen LogP contribution in [0.2, 0.25) is 0 Å². The van der Waals surface area contributed by atoms with Crippen LogP contribution in [0.15, 0.2) is 6.20 Å². The minimum absolute atomic E-state index is 0.0196. The summed E-state index contributed by atoms with van der Waals surface area (Å²) in [5, 5.41) is 16.4. The van der Waals surface area contributed by atoms with Crippen LogP contribution in [0, 0.1) is 17.1 Å². The normalized spacial score (nSPS) is 24.1. The molecule has 144 valence electrons. The van der Waals surface area contributed by atoms with E-state index >= 15 is 0 Å². The van der Waals surface area contributed by atoms with Crippen molar-refractivity contribution in [1.29, 1.82) is 5.26 Å². The van der Waals surface area contributed by atoms with Gasteiger partial charge in [0.1, 0.15) is 23.3 Å². The van der Waals surface area contributed by atoms with Gasteiger partial charge in [0.2, 0.25) is 16.0 Å². The van der Waals surface area contributed by atoms with Crippen molar-refractivity contribution in [2.75, 3.05) is 24.7 Å². The third kappa shape index (κ3) is 3.23. The molecule has 1 N–H and O–H groups in total. The smallest absolute Gasteiger partial charge is 0.241 e. The van der Waals surface area contributed by atoms with Gasteiger partial charge in [-0.25, -0.2) is 26.7 Å². The van der Waals surface area contributed by atoms with Crippen LogP contribution in [0.5, 0.6) is 0 Å². The van der Waals surface area contributed by atoms with Gasteiger partial charge in [-0.15, -0.1) is 5.10 Å². The van der Waals surface area contributed by atoms with Gasteiger partial charge in [-0.3, -0.25) is 0 Å². The Kier molecular flexibility index (Phi) is 4.27. The standard InChI is InChI=1S/C16H18F2N6O2S/c1-27(25,26)23-5-4-12(11(17)8-23)21-16-20-7-13-14(18)10(6-19)15(9-2-3-9)24(13)22-16/h7,9,11-12H,2-5,8H2,1H3,(H,21,22)/t11-,12-/m1/s1. The van der Waals surface area contributed by atoms with Crippen molar-refractivity contribution in [1.82, 2.24) is 18.9 Å². The topological polar surface area (TPSA) is 103 Å². The first-order valence-corrected chi connectivity index (χ1v) is 10.5. The van der Waals surface area contributed by atoms with Gasteiger partial charge < -0.3 is 5.32 Å². The number of nitriles is 1. The van der Waals surface area contributed by atoms with E-state index in [2.05, 4.69) is 15.4 Å². The predicted octanol–water partition coefficient (Wildman–Crippen LogP) is 1.40. The third-order valence-electron chi connectivity index (χ3n) is 5.02. The molecule has 1 saturated carbocycles. The Morgan fingerprint density at radius 3 is 2.70 bits per heavy atom. The Balaban J connectivity index is 1.60. The molecular weight excluding hydrogens is 378 g/mol. The van der Waals surface area contributed by atoms with Crippen LogP contribution in [0.4, 0.5) is 14.7 Å². The van der Waals surface area contributed by atoms with Crippen molar-refractivity contribution in [3.63, 3.8) is 0 Å². The maximum absolute atomic E-state index is 14.4. The number of halogens is 2. The van der Waals surface area contributed by atoms with Gasteiger partial charge in [-0.05, 0) is 19.3 Å². The first-order valence-electron chi connectivity index (χ1n) is 8.62. The molecule has 0 aromatic carbocycles. The molecule has 0 spiro atoms. The van der Waals surface area contributed by atoms with Gasteiger partial charge in [0, 0.05) is 19.0 Å². The molecule has 3 heterocycles. The molecule has 2 atom stereocenters. The number of hydrogen-bond donors (Lipinski definition) is 1. The fraction of sp³-hybridized carbons (Fsp3) is 0.562. The van der Waals surface area contributed by atoms with Crippen LogP contribution in [0.1, 0.15) is 36.4 Å². The van der Waals surface area contributed by atoms with Crippen LogP contribution in [0.25, 0.3) is 5.52 Å². The number of piperidine rings is 1. The van der Waals surface area contributed by atoms with Gasteiger partial charge in [0.25, 0.3) is 0 Å². The Bertz CT molecular complexity index is 1040. The quantitative estimate of drug-likeness (QED) is 0.838. The molecule has 0 amide bonds. The number of fused-ring (bicyclic) bond motifs is 1. The molecule has 1 aliphatic carbocycles. The lowest BCUT2D eigenvalue weighted by molar-refractivity contribution is 0.186. The van der Waals surface area contributed by atoms with Gasteiger partial charge in [0.15, 0.2) is 5.82 Å². The molecule has 27 heavy (non-hydrogen) atoms. The van der Waals surface area contributed by atoms with Crippen molar-refractivity contribution in [3.05, 3.63) is 23.3 Å². The lowest BCUT2D eigenvalue weighted by Gasteiger charge is -2.33. The Morgan fingerprint density at radius 1 is 1.37 bits per heavy atom. The lowest BCUT2D eigenvalue weighted by atomic mass is 10.1. The Labute approximate surface area is 154 Å². The number of nitrogens with one attached hydrogen (secondary N) is 1. The molecule has 2 aromatic rings. The maximum atomic E-state index is 14.4. The summed E-state index contributed by atoms with van der Waals surface area (Å²) in [6.45, 7) is -0.0357. The van der Waals surface area contributed by atoms with E-state index in [1.807, 2.05) is 6.07 Å². The van der Waals surface area contributed by atoms with Crippen molar-refractivity contribution >= 4 is 21.5 Å². The Hall–Kier alpha value is -2.32. The fourth-order valence-electron chi connectivity index (χ4n) is 3.44. The SMILES string of the molecule is CS(=O)(=O)N1CC[C@@H](Nc2ncc3c(F)c(C#N)c(C4CC4)n3n2)[C@H](F)C1. The van der Waals surface area contributed by atoms with E-state index in [0.717, 1.165) is 23.4 Å². The summed E-state index contributed by atoms with van der Waals surface area (Å²) in [6, 6.07) is 1.24. The zero-order valence-electron chi connectivity index (χ0n) is 14.6. The zero-order chi connectivity index (χ0) is 19.3. The molecular formula is C16H18F2N6O2S. The van der Waals surface area contributed by atoms with Gasteiger partial charge in [-0.2, -0.15) is 9.57 Å². The zero-order valence-corrected chi connectivity index (χ0v) is 15.4. The summed E-state index contributed by atoms with van der Waals surface area (Å²) in [4.78, 5) is 4.04. The number of rotatable bonds is 4. The van der Waals surface area contributed by atoms with Crippen LogP contribution in [-0.2, 0) is 10.0 Å². The summed E-state index contributed by atoms with van der Waals surface area (Å²) in [7, 11) is -3.44. The maximum Gasteiger partial charge on any atom is 0.241 e. The molecule has 0 bridgehead atoms. The van der Waals surface area contributed by atoms with E-state index in [9.17, 15) is 22.5 Å². The highest BCUT2D eigenvalue weighted by Crippen LogP contribution is 2.43. The second-order valence-corrected chi connectivity index (χ2v) is 9.00. The minimum Gasteiger partial charge on any atom is -0.347 e. The molecule has 8 nitrogen and oxygen atoms in total. The van der Waals surface area contributed by atoms with Gasteiger partial charge >= 0.3 is 0 Å². The monoisotopic (exact) mass is 396 g/mol. The number of aromatic nitrogens is 3. The molecule has 2 aromatic heterocycles. The average molecular weight is 396 g/mol. The number of alkyl halides is 1. The number of hydrogen-bond acceptors (Lipinski definition) is 6. The highest BCUT2D eigenvalue weighted by molar-refractivity contribution is 7.88. The second kappa shape index (κ2) is 6.38. The molecule has 4 rings (SSSR count). The second-order valence-electron chi connectivity index (χ2n) is 7.02. The fourth-order valence-corrected chi connectivity index (χ4v) is 4.29. The molecule has 2 fully saturated rings. The minimum atomic E-state index is -3.44. The largest absolute Gasteiger partial charge is 0.347 e. The van der Waals surface area contributed by atoms with Crippen molar-refractivity contribution in [2.24, 2.45) is 0 Å². The molecule has 0 unspecified atom stereocenters. The Morgan fingerprint density at radius 2 is 2.11 bits per heavy atom. The van der Waals surface area contributed by atoms with E-state index in [-0.39, 0.29) is 42.5 Å². The van der Waals surface area contributed by atoms with Gasteiger partial charge in [0.05, 0.1) is 24.2 Å². The number of sulfonamides is 1. The third-order valence-corrected chi connectivity index (χ3v) is 6.29. The van der Waals surface area contributed by atoms with E-state index in [1.54, 1.807) is 0 Å². The molecule has 1 aliphatic heterocycles. The van der Waals surface area contributed by atoms with Crippen molar-refractivity contribution < 1.29 is 17.2 Å². The van der Waals surface area contributed by atoms with E-state index in [4.69, 9.17) is 0 Å². The van der Waals surface area contributed by atoms with Crippen molar-refractivity contribution in [3.8, 4) is 6.07 Å². The summed E-state index contributed by atoms with van der Waals surface area (Å²) >= 11 is 0. The van der Waals surface area contributed by atoms with Crippen LogP contribution in [-0.4, -0.2) is 58.9 Å². The van der Waals surface area contributed by atoms with Gasteiger partial charge in [-0.1, -0.05) is 0 Å².